The molecular formula is C23H27ClFN5O3. The number of benzene rings is 1. The second kappa shape index (κ2) is 8.61. The first-order valence-electron chi connectivity index (χ1n) is 11.4. The van der Waals surface area contributed by atoms with Crippen LogP contribution >= 0.6 is 11.6 Å². The first kappa shape index (κ1) is 22.2. The summed E-state index contributed by atoms with van der Waals surface area (Å²) in [5.74, 6) is -0.136. The van der Waals surface area contributed by atoms with Crippen LogP contribution in [0.5, 0.6) is 0 Å². The second-order valence-electron chi connectivity index (χ2n) is 9.28. The summed E-state index contributed by atoms with van der Waals surface area (Å²) in [6.07, 6.45) is 3.61. The summed E-state index contributed by atoms with van der Waals surface area (Å²) in [4.78, 5) is 29.4. The number of carbonyl (C=O) groups is 2. The molecule has 1 aromatic carbocycles. The van der Waals surface area contributed by atoms with Crippen LogP contribution < -0.4 is 5.32 Å². The number of amides is 3. The number of halogens is 2. The highest BCUT2D eigenvalue weighted by Gasteiger charge is 2.39. The number of aliphatic hydroxyl groups excluding tert-OH is 1. The molecule has 3 aliphatic rings. The Bertz CT molecular complexity index is 1100. The lowest BCUT2D eigenvalue weighted by Gasteiger charge is -2.27. The molecule has 2 aromatic rings. The van der Waals surface area contributed by atoms with Crippen LogP contribution in [0.15, 0.2) is 18.2 Å². The molecule has 2 aliphatic heterocycles. The van der Waals surface area contributed by atoms with Crippen LogP contribution in [0.3, 0.4) is 0 Å². The van der Waals surface area contributed by atoms with Crippen molar-refractivity contribution in [3.8, 4) is 0 Å². The van der Waals surface area contributed by atoms with Gasteiger partial charge in [0.15, 0.2) is 0 Å². The van der Waals surface area contributed by atoms with Gasteiger partial charge in [0.2, 0.25) is 0 Å². The van der Waals surface area contributed by atoms with Crippen LogP contribution in [0.4, 0.5) is 14.9 Å². The summed E-state index contributed by atoms with van der Waals surface area (Å²) < 4.78 is 15.2. The van der Waals surface area contributed by atoms with Gasteiger partial charge in [0.25, 0.3) is 5.91 Å². The maximum absolute atomic E-state index is 13.4. The number of hydrogen-bond acceptors (Lipinski definition) is 4. The van der Waals surface area contributed by atoms with Crippen LogP contribution in [0.1, 0.15) is 53.5 Å². The minimum absolute atomic E-state index is 0.0693. The van der Waals surface area contributed by atoms with E-state index in [1.165, 1.54) is 18.2 Å². The zero-order valence-electron chi connectivity index (χ0n) is 18.4. The van der Waals surface area contributed by atoms with Gasteiger partial charge >= 0.3 is 6.03 Å². The normalized spacial score (nSPS) is 21.3. The van der Waals surface area contributed by atoms with E-state index in [0.29, 0.717) is 43.2 Å². The molecule has 0 spiro atoms. The molecule has 8 nitrogen and oxygen atoms in total. The topological polar surface area (TPSA) is 90.7 Å². The first-order valence-corrected chi connectivity index (χ1v) is 11.7. The molecule has 3 heterocycles. The second-order valence-corrected chi connectivity index (χ2v) is 9.69. The lowest BCUT2D eigenvalue weighted by atomic mass is 10.0. The Morgan fingerprint density at radius 1 is 1.33 bits per heavy atom. The Labute approximate surface area is 196 Å². The number of fused-ring (bicyclic) bond motifs is 3. The summed E-state index contributed by atoms with van der Waals surface area (Å²) in [5, 5.41) is 18.4. The molecule has 2 atom stereocenters. The zero-order valence-corrected chi connectivity index (χ0v) is 19.2. The molecule has 2 unspecified atom stereocenters. The van der Waals surface area contributed by atoms with Gasteiger partial charge in [-0.25, -0.2) is 9.18 Å². The Morgan fingerprint density at radius 2 is 2.12 bits per heavy atom. The van der Waals surface area contributed by atoms with Crippen molar-refractivity contribution in [3.63, 3.8) is 0 Å². The molecule has 0 saturated heterocycles. The van der Waals surface area contributed by atoms with Gasteiger partial charge in [-0.15, -0.1) is 0 Å². The highest BCUT2D eigenvalue weighted by Crippen LogP contribution is 2.38. The van der Waals surface area contributed by atoms with Gasteiger partial charge in [-0.1, -0.05) is 24.4 Å². The van der Waals surface area contributed by atoms with E-state index in [1.54, 1.807) is 21.5 Å². The average Bonchev–Trinajstić information content (AvgIpc) is 3.54. The zero-order chi connectivity index (χ0) is 23.3. The molecule has 0 bridgehead atoms. The Kier molecular flexibility index (Phi) is 5.78. The van der Waals surface area contributed by atoms with E-state index in [0.717, 1.165) is 30.5 Å². The van der Waals surface area contributed by atoms with Gasteiger partial charge in [0.1, 0.15) is 11.5 Å². The van der Waals surface area contributed by atoms with E-state index in [1.807, 2.05) is 0 Å². The summed E-state index contributed by atoms with van der Waals surface area (Å²) in [6.45, 7) is 1.21. The van der Waals surface area contributed by atoms with Crippen LogP contribution in [0.2, 0.25) is 5.02 Å². The van der Waals surface area contributed by atoms with E-state index in [9.17, 15) is 19.1 Å². The van der Waals surface area contributed by atoms with Gasteiger partial charge in [-0.05, 0) is 37.0 Å². The van der Waals surface area contributed by atoms with Gasteiger partial charge in [0.05, 0.1) is 29.4 Å². The number of hydrogen-bond donors (Lipinski definition) is 2. The first-order chi connectivity index (χ1) is 15.8. The standard InChI is InChI=1S/C23H27ClFN5O3/c1-28-8-7-19(20(31)10-13-2-3-13)30-21(22(28)32)15-12-29(9-6-18(15)27-30)23(33)26-14-4-5-17(25)16(24)11-14/h4-5,11,13,19-20,31H,2-3,6-10,12H2,1H3,(H,26,33). The third-order valence-corrected chi connectivity index (χ3v) is 7.15. The van der Waals surface area contributed by atoms with Crippen molar-refractivity contribution in [1.29, 1.82) is 0 Å². The fourth-order valence-corrected chi connectivity index (χ4v) is 4.93. The molecule has 33 heavy (non-hydrogen) atoms. The minimum Gasteiger partial charge on any atom is -0.391 e. The fraction of sp³-hybridized carbons (Fsp3) is 0.522. The van der Waals surface area contributed by atoms with Gasteiger partial charge in [-0.2, -0.15) is 5.10 Å². The van der Waals surface area contributed by atoms with Crippen molar-refractivity contribution in [2.45, 2.75) is 50.8 Å². The summed E-state index contributed by atoms with van der Waals surface area (Å²) in [6, 6.07) is 3.39. The van der Waals surface area contributed by atoms with Crippen molar-refractivity contribution >= 4 is 29.2 Å². The largest absolute Gasteiger partial charge is 0.391 e. The van der Waals surface area contributed by atoms with E-state index < -0.39 is 11.9 Å². The molecule has 1 aromatic heterocycles. The van der Waals surface area contributed by atoms with Gasteiger partial charge < -0.3 is 20.2 Å². The molecule has 0 radical (unpaired) electrons. The third kappa shape index (κ3) is 4.31. The van der Waals surface area contributed by atoms with E-state index >= 15 is 0 Å². The predicted molar refractivity (Wildman–Crippen MR) is 121 cm³/mol. The van der Waals surface area contributed by atoms with Crippen molar-refractivity contribution < 1.29 is 19.1 Å². The Hall–Kier alpha value is -2.65. The van der Waals surface area contributed by atoms with Crippen LogP contribution in [-0.4, -0.2) is 62.9 Å². The average molecular weight is 476 g/mol. The number of nitrogens with one attached hydrogen (secondary N) is 1. The highest BCUT2D eigenvalue weighted by atomic mass is 35.5. The van der Waals surface area contributed by atoms with Crippen molar-refractivity contribution in [2.75, 3.05) is 25.5 Å². The quantitative estimate of drug-likeness (QED) is 0.708. The van der Waals surface area contributed by atoms with Crippen molar-refractivity contribution in [3.05, 3.63) is 46.0 Å². The lowest BCUT2D eigenvalue weighted by Crippen LogP contribution is -2.39. The number of aliphatic hydroxyl groups is 1. The molecule has 1 aliphatic carbocycles. The lowest BCUT2D eigenvalue weighted by molar-refractivity contribution is 0.0783. The molecule has 1 saturated carbocycles. The number of urea groups is 1. The molecule has 1 fully saturated rings. The van der Waals surface area contributed by atoms with Crippen molar-refractivity contribution in [2.24, 2.45) is 5.92 Å². The molecule has 10 heteroatoms. The number of rotatable bonds is 4. The van der Waals surface area contributed by atoms with Crippen LogP contribution in [-0.2, 0) is 13.0 Å². The third-order valence-electron chi connectivity index (χ3n) is 6.86. The number of nitrogens with zero attached hydrogens (tertiary/aromatic N) is 4. The van der Waals surface area contributed by atoms with E-state index in [2.05, 4.69) is 5.32 Å². The van der Waals surface area contributed by atoms with Crippen LogP contribution in [0.25, 0.3) is 0 Å². The number of anilines is 1. The number of carbonyl (C=O) groups excluding carboxylic acids is 2. The maximum Gasteiger partial charge on any atom is 0.322 e. The summed E-state index contributed by atoms with van der Waals surface area (Å²) in [5.41, 5.74) is 2.39. The maximum atomic E-state index is 13.4. The Morgan fingerprint density at radius 3 is 2.85 bits per heavy atom. The van der Waals surface area contributed by atoms with Crippen molar-refractivity contribution in [1.82, 2.24) is 19.6 Å². The molecule has 176 valence electrons. The minimum atomic E-state index is -0.556. The SMILES string of the molecule is CN1CCC(C(O)CC2CC2)n2nc3c(c2C1=O)CN(C(=O)Nc1ccc(F)c(Cl)c1)CC3. The summed E-state index contributed by atoms with van der Waals surface area (Å²) in [7, 11) is 1.76. The predicted octanol–water partition coefficient (Wildman–Crippen LogP) is 3.44. The monoisotopic (exact) mass is 475 g/mol. The number of aromatic nitrogens is 2. The fourth-order valence-electron chi connectivity index (χ4n) is 4.75. The Balaban J connectivity index is 1.40. The van der Waals surface area contributed by atoms with E-state index in [4.69, 9.17) is 16.7 Å². The summed E-state index contributed by atoms with van der Waals surface area (Å²) >= 11 is 5.82. The van der Waals surface area contributed by atoms with Crippen LogP contribution in [0, 0.1) is 11.7 Å². The molecular weight excluding hydrogens is 449 g/mol. The van der Waals surface area contributed by atoms with Gasteiger partial charge in [0, 0.05) is 37.8 Å². The molecule has 3 amide bonds. The highest BCUT2D eigenvalue weighted by molar-refractivity contribution is 6.31. The van der Waals surface area contributed by atoms with E-state index in [-0.39, 0.29) is 29.5 Å². The van der Waals surface area contributed by atoms with Gasteiger partial charge in [-0.3, -0.25) is 9.48 Å². The molecule has 5 rings (SSSR count). The molecule has 2 N–H and O–H groups in total. The smallest absolute Gasteiger partial charge is 0.322 e.